The van der Waals surface area contributed by atoms with Crippen LogP contribution in [0.3, 0.4) is 0 Å². The molecule has 2 aromatic heterocycles. The highest BCUT2D eigenvalue weighted by Crippen LogP contribution is 2.14. The van der Waals surface area contributed by atoms with Crippen LogP contribution in [0.4, 0.5) is 5.82 Å². The Bertz CT molecular complexity index is 626. The number of aromatic nitrogens is 2. The number of likely N-dealkylation sites (N-methyl/N-ethyl adjacent to an activating group) is 1. The van der Waals surface area contributed by atoms with Crippen LogP contribution in [-0.2, 0) is 6.42 Å². The van der Waals surface area contributed by atoms with Crippen LogP contribution >= 0.6 is 0 Å². The minimum Gasteiger partial charge on any atom is -0.357 e. The topological polar surface area (TPSA) is 49.3 Å². The zero-order valence-corrected chi connectivity index (χ0v) is 14.1. The summed E-state index contributed by atoms with van der Waals surface area (Å²) in [5.41, 5.74) is 1.86. The maximum atomic E-state index is 12.6. The monoisotopic (exact) mass is 312 g/mol. The van der Waals surface area contributed by atoms with Crippen molar-refractivity contribution in [3.05, 3.63) is 54.0 Å². The summed E-state index contributed by atoms with van der Waals surface area (Å²) in [6, 6.07) is 7.60. The van der Waals surface area contributed by atoms with E-state index in [1.165, 1.54) is 5.56 Å². The normalized spacial score (nSPS) is 10.4. The van der Waals surface area contributed by atoms with Crippen molar-refractivity contribution in [1.29, 1.82) is 0 Å². The average Bonchev–Trinajstić information content (AvgIpc) is 2.61. The molecule has 0 aliphatic heterocycles. The first-order chi connectivity index (χ1) is 11.2. The summed E-state index contributed by atoms with van der Waals surface area (Å²) >= 11 is 0. The van der Waals surface area contributed by atoms with Gasteiger partial charge in [-0.15, -0.1) is 0 Å². The SMILES string of the molecule is CCN(CC)c1cc(C(=O)N(C)CCc2ccncc2)ccn1. The number of pyridine rings is 2. The van der Waals surface area contributed by atoms with E-state index in [1.807, 2.05) is 25.2 Å². The smallest absolute Gasteiger partial charge is 0.253 e. The first-order valence-corrected chi connectivity index (χ1v) is 8.01. The third-order valence-electron chi connectivity index (χ3n) is 3.91. The van der Waals surface area contributed by atoms with Crippen molar-refractivity contribution in [3.63, 3.8) is 0 Å². The van der Waals surface area contributed by atoms with Crippen LogP contribution in [0.1, 0.15) is 29.8 Å². The molecule has 5 heteroatoms. The van der Waals surface area contributed by atoms with Gasteiger partial charge in [-0.2, -0.15) is 0 Å². The van der Waals surface area contributed by atoms with E-state index in [1.54, 1.807) is 29.6 Å². The summed E-state index contributed by atoms with van der Waals surface area (Å²) in [6.07, 6.45) is 6.07. The van der Waals surface area contributed by atoms with Crippen molar-refractivity contribution in [2.24, 2.45) is 0 Å². The molecule has 0 aromatic carbocycles. The van der Waals surface area contributed by atoms with Gasteiger partial charge in [-0.1, -0.05) is 0 Å². The fraction of sp³-hybridized carbons (Fsp3) is 0.389. The zero-order valence-electron chi connectivity index (χ0n) is 14.1. The molecule has 0 spiro atoms. The van der Waals surface area contributed by atoms with Crippen LogP contribution in [0, 0.1) is 0 Å². The Hall–Kier alpha value is -2.43. The van der Waals surface area contributed by atoms with Gasteiger partial charge >= 0.3 is 0 Å². The molecule has 0 atom stereocenters. The second-order valence-electron chi connectivity index (χ2n) is 5.41. The van der Waals surface area contributed by atoms with Crippen molar-refractivity contribution >= 4 is 11.7 Å². The molecule has 2 rings (SSSR count). The molecule has 0 aliphatic carbocycles. The van der Waals surface area contributed by atoms with Gasteiger partial charge in [0.2, 0.25) is 0 Å². The lowest BCUT2D eigenvalue weighted by Crippen LogP contribution is -2.29. The number of anilines is 1. The van der Waals surface area contributed by atoms with E-state index < -0.39 is 0 Å². The van der Waals surface area contributed by atoms with Gasteiger partial charge in [0.15, 0.2) is 0 Å². The maximum absolute atomic E-state index is 12.6. The third kappa shape index (κ3) is 4.52. The molecule has 5 nitrogen and oxygen atoms in total. The van der Waals surface area contributed by atoms with Gasteiger partial charge in [0.25, 0.3) is 5.91 Å². The Morgan fingerprint density at radius 1 is 1.09 bits per heavy atom. The van der Waals surface area contributed by atoms with Crippen molar-refractivity contribution in [3.8, 4) is 0 Å². The summed E-state index contributed by atoms with van der Waals surface area (Å²) in [5, 5.41) is 0. The van der Waals surface area contributed by atoms with Gasteiger partial charge in [-0.05, 0) is 50.1 Å². The summed E-state index contributed by atoms with van der Waals surface area (Å²) in [5.74, 6) is 0.873. The highest BCUT2D eigenvalue weighted by atomic mass is 16.2. The molecule has 0 aliphatic rings. The minimum atomic E-state index is 0.0230. The fourth-order valence-corrected chi connectivity index (χ4v) is 2.44. The Morgan fingerprint density at radius 2 is 1.78 bits per heavy atom. The number of hydrogen-bond donors (Lipinski definition) is 0. The highest BCUT2D eigenvalue weighted by Gasteiger charge is 2.14. The van der Waals surface area contributed by atoms with Gasteiger partial charge in [0, 0.05) is 50.8 Å². The highest BCUT2D eigenvalue weighted by molar-refractivity contribution is 5.94. The van der Waals surface area contributed by atoms with E-state index in [2.05, 4.69) is 28.7 Å². The van der Waals surface area contributed by atoms with E-state index in [-0.39, 0.29) is 5.91 Å². The van der Waals surface area contributed by atoms with Crippen molar-refractivity contribution < 1.29 is 4.79 Å². The van der Waals surface area contributed by atoms with Crippen LogP contribution in [-0.4, -0.2) is 47.5 Å². The maximum Gasteiger partial charge on any atom is 0.253 e. The van der Waals surface area contributed by atoms with Crippen molar-refractivity contribution in [2.45, 2.75) is 20.3 Å². The largest absolute Gasteiger partial charge is 0.357 e. The van der Waals surface area contributed by atoms with Gasteiger partial charge in [0.05, 0.1) is 0 Å². The van der Waals surface area contributed by atoms with E-state index in [4.69, 9.17) is 0 Å². The Labute approximate surface area is 138 Å². The van der Waals surface area contributed by atoms with Gasteiger partial charge in [-0.3, -0.25) is 9.78 Å². The summed E-state index contributed by atoms with van der Waals surface area (Å²) in [7, 11) is 1.83. The predicted molar refractivity (Wildman–Crippen MR) is 92.7 cm³/mol. The molecule has 23 heavy (non-hydrogen) atoms. The molecule has 0 radical (unpaired) electrons. The molecule has 0 N–H and O–H groups in total. The third-order valence-corrected chi connectivity index (χ3v) is 3.91. The van der Waals surface area contributed by atoms with Crippen LogP contribution in [0.5, 0.6) is 0 Å². The van der Waals surface area contributed by atoms with Crippen LogP contribution in [0.2, 0.25) is 0 Å². The summed E-state index contributed by atoms with van der Waals surface area (Å²) in [6.45, 7) is 6.59. The van der Waals surface area contributed by atoms with Gasteiger partial charge < -0.3 is 9.80 Å². The second-order valence-corrected chi connectivity index (χ2v) is 5.41. The average molecular weight is 312 g/mol. The predicted octanol–water partition coefficient (Wildman–Crippen LogP) is 2.64. The number of hydrogen-bond acceptors (Lipinski definition) is 4. The molecule has 2 heterocycles. The zero-order chi connectivity index (χ0) is 16.7. The van der Waals surface area contributed by atoms with Gasteiger partial charge in [0.1, 0.15) is 5.82 Å². The number of rotatable bonds is 7. The molecule has 0 bridgehead atoms. The first kappa shape index (κ1) is 16.9. The number of amides is 1. The Balaban J connectivity index is 2.03. The molecule has 1 amide bonds. The van der Waals surface area contributed by atoms with E-state index in [0.29, 0.717) is 12.1 Å². The lowest BCUT2D eigenvalue weighted by atomic mass is 10.1. The first-order valence-electron chi connectivity index (χ1n) is 8.01. The van der Waals surface area contributed by atoms with Crippen LogP contribution in [0.15, 0.2) is 42.9 Å². The lowest BCUT2D eigenvalue weighted by molar-refractivity contribution is 0.0796. The second kappa shape index (κ2) is 8.27. The quantitative estimate of drug-likeness (QED) is 0.788. The van der Waals surface area contributed by atoms with Crippen molar-refractivity contribution in [1.82, 2.24) is 14.9 Å². The van der Waals surface area contributed by atoms with E-state index in [9.17, 15) is 4.79 Å². The number of carbonyl (C=O) groups excluding carboxylic acids is 1. The standard InChI is InChI=1S/C18H24N4O/c1-4-22(5-2)17-14-16(8-12-20-17)18(23)21(3)13-9-15-6-10-19-11-7-15/h6-8,10-12,14H,4-5,9,13H2,1-3H3. The molecular weight excluding hydrogens is 288 g/mol. The Kier molecular flexibility index (Phi) is 6.09. The molecular formula is C18H24N4O. The number of nitrogens with zero attached hydrogens (tertiary/aromatic N) is 4. The molecule has 0 fully saturated rings. The van der Waals surface area contributed by atoms with E-state index in [0.717, 1.165) is 25.3 Å². The molecule has 122 valence electrons. The fourth-order valence-electron chi connectivity index (χ4n) is 2.44. The summed E-state index contributed by atoms with van der Waals surface area (Å²) < 4.78 is 0. The Morgan fingerprint density at radius 3 is 2.43 bits per heavy atom. The molecule has 2 aromatic rings. The number of carbonyl (C=O) groups is 1. The lowest BCUT2D eigenvalue weighted by Gasteiger charge is -2.21. The van der Waals surface area contributed by atoms with Crippen molar-refractivity contribution in [2.75, 3.05) is 31.6 Å². The van der Waals surface area contributed by atoms with Crippen LogP contribution < -0.4 is 4.90 Å². The van der Waals surface area contributed by atoms with E-state index >= 15 is 0 Å². The summed E-state index contributed by atoms with van der Waals surface area (Å²) in [4.78, 5) is 24.8. The van der Waals surface area contributed by atoms with Gasteiger partial charge in [-0.25, -0.2) is 4.98 Å². The molecule has 0 unspecified atom stereocenters. The molecule has 0 saturated carbocycles. The molecule has 0 saturated heterocycles. The minimum absolute atomic E-state index is 0.0230. The van der Waals surface area contributed by atoms with Crippen LogP contribution in [0.25, 0.3) is 0 Å².